The smallest absolute Gasteiger partial charge is 0.190 e. The van der Waals surface area contributed by atoms with Crippen LogP contribution in [0.3, 0.4) is 0 Å². The first-order chi connectivity index (χ1) is 12.2. The van der Waals surface area contributed by atoms with Crippen LogP contribution in [0.1, 0.15) is 38.2 Å². The molecule has 1 saturated heterocycles. The third-order valence-corrected chi connectivity index (χ3v) is 4.60. The molecule has 26 heavy (non-hydrogen) atoms. The number of nitrogens with zero attached hydrogens (tertiary/aromatic N) is 1. The van der Waals surface area contributed by atoms with Gasteiger partial charge in [0.25, 0.3) is 0 Å². The summed E-state index contributed by atoms with van der Waals surface area (Å²) in [5.74, 6) is 1.88. The highest BCUT2D eigenvalue weighted by molar-refractivity contribution is 14.0. The predicted molar refractivity (Wildman–Crippen MR) is 119 cm³/mol. The quantitative estimate of drug-likeness (QED) is 0.249. The zero-order chi connectivity index (χ0) is 17.9. The number of hydrogen-bond donors (Lipinski definition) is 2. The SMILES string of the molecule is CN=C(NCCCOC1CCOC1)NCC(c1ccccc1)C(C)C.I. The average Bonchev–Trinajstić information content (AvgIpc) is 3.14. The largest absolute Gasteiger partial charge is 0.379 e. The molecule has 0 spiro atoms. The zero-order valence-electron chi connectivity index (χ0n) is 16.2. The number of guanidine groups is 1. The van der Waals surface area contributed by atoms with Crippen molar-refractivity contribution >= 4 is 29.9 Å². The molecule has 6 heteroatoms. The number of rotatable bonds is 9. The first-order valence-corrected chi connectivity index (χ1v) is 9.39. The summed E-state index contributed by atoms with van der Waals surface area (Å²) in [6.07, 6.45) is 2.27. The molecule has 2 rings (SSSR count). The van der Waals surface area contributed by atoms with E-state index in [2.05, 4.69) is 59.8 Å². The summed E-state index contributed by atoms with van der Waals surface area (Å²) < 4.78 is 11.1. The Morgan fingerprint density at radius 2 is 2.04 bits per heavy atom. The second-order valence-electron chi connectivity index (χ2n) is 6.85. The van der Waals surface area contributed by atoms with E-state index in [1.165, 1.54) is 5.56 Å². The molecule has 0 aliphatic carbocycles. The molecular formula is C20H34IN3O2. The third-order valence-electron chi connectivity index (χ3n) is 4.60. The summed E-state index contributed by atoms with van der Waals surface area (Å²) in [7, 11) is 1.81. The van der Waals surface area contributed by atoms with E-state index in [1.54, 1.807) is 0 Å². The van der Waals surface area contributed by atoms with Crippen molar-refractivity contribution < 1.29 is 9.47 Å². The van der Waals surface area contributed by atoms with Crippen molar-refractivity contribution in [2.24, 2.45) is 10.9 Å². The number of halogens is 1. The Labute approximate surface area is 175 Å². The fourth-order valence-corrected chi connectivity index (χ4v) is 3.04. The van der Waals surface area contributed by atoms with Crippen LogP contribution in [0.25, 0.3) is 0 Å². The van der Waals surface area contributed by atoms with Crippen molar-refractivity contribution in [2.75, 3.05) is 40.0 Å². The molecule has 1 fully saturated rings. The Hall–Kier alpha value is -0.860. The Morgan fingerprint density at radius 3 is 2.65 bits per heavy atom. The number of aliphatic imine (C=N–C) groups is 1. The number of nitrogens with one attached hydrogen (secondary N) is 2. The van der Waals surface area contributed by atoms with E-state index >= 15 is 0 Å². The highest BCUT2D eigenvalue weighted by Crippen LogP contribution is 2.23. The van der Waals surface area contributed by atoms with E-state index < -0.39 is 0 Å². The average molecular weight is 475 g/mol. The summed E-state index contributed by atoms with van der Waals surface area (Å²) >= 11 is 0. The van der Waals surface area contributed by atoms with Crippen LogP contribution in [0.5, 0.6) is 0 Å². The van der Waals surface area contributed by atoms with Crippen molar-refractivity contribution in [3.63, 3.8) is 0 Å². The second-order valence-corrected chi connectivity index (χ2v) is 6.85. The summed E-state index contributed by atoms with van der Waals surface area (Å²) in [5, 5.41) is 6.83. The van der Waals surface area contributed by atoms with E-state index in [-0.39, 0.29) is 30.1 Å². The molecule has 0 radical (unpaired) electrons. The van der Waals surface area contributed by atoms with Gasteiger partial charge in [0.15, 0.2) is 5.96 Å². The lowest BCUT2D eigenvalue weighted by Crippen LogP contribution is -2.40. The molecule has 0 bridgehead atoms. The van der Waals surface area contributed by atoms with Gasteiger partial charge in [0.05, 0.1) is 12.7 Å². The van der Waals surface area contributed by atoms with Crippen LogP contribution >= 0.6 is 24.0 Å². The Kier molecular flexibility index (Phi) is 11.9. The Balaban J connectivity index is 0.00000338. The molecule has 2 atom stereocenters. The van der Waals surface area contributed by atoms with Gasteiger partial charge < -0.3 is 20.1 Å². The van der Waals surface area contributed by atoms with E-state index in [1.807, 2.05) is 7.05 Å². The summed E-state index contributed by atoms with van der Waals surface area (Å²) in [4.78, 5) is 4.32. The van der Waals surface area contributed by atoms with Crippen LogP contribution in [0.4, 0.5) is 0 Å². The highest BCUT2D eigenvalue weighted by atomic mass is 127. The first kappa shape index (κ1) is 23.2. The van der Waals surface area contributed by atoms with E-state index in [0.717, 1.165) is 51.7 Å². The van der Waals surface area contributed by atoms with E-state index in [4.69, 9.17) is 9.47 Å². The minimum absolute atomic E-state index is 0. The molecule has 1 aliphatic heterocycles. The molecule has 1 aromatic carbocycles. The fourth-order valence-electron chi connectivity index (χ4n) is 3.04. The zero-order valence-corrected chi connectivity index (χ0v) is 18.6. The maximum atomic E-state index is 5.78. The van der Waals surface area contributed by atoms with Crippen molar-refractivity contribution in [1.29, 1.82) is 0 Å². The highest BCUT2D eigenvalue weighted by Gasteiger charge is 2.16. The Morgan fingerprint density at radius 1 is 1.27 bits per heavy atom. The predicted octanol–water partition coefficient (Wildman–Crippen LogP) is 3.40. The molecule has 2 N–H and O–H groups in total. The molecule has 1 aromatic rings. The van der Waals surface area contributed by atoms with Gasteiger partial charge in [0.2, 0.25) is 0 Å². The monoisotopic (exact) mass is 475 g/mol. The first-order valence-electron chi connectivity index (χ1n) is 9.39. The molecular weight excluding hydrogens is 441 g/mol. The fraction of sp³-hybridized carbons (Fsp3) is 0.650. The van der Waals surface area contributed by atoms with Gasteiger partial charge >= 0.3 is 0 Å². The van der Waals surface area contributed by atoms with Crippen molar-refractivity contribution in [2.45, 2.75) is 38.7 Å². The second kappa shape index (κ2) is 13.3. The third kappa shape index (κ3) is 8.22. The molecule has 1 heterocycles. The summed E-state index contributed by atoms with van der Waals surface area (Å²) in [6, 6.07) is 10.7. The maximum Gasteiger partial charge on any atom is 0.190 e. The van der Waals surface area contributed by atoms with Crippen LogP contribution in [-0.4, -0.2) is 52.0 Å². The normalized spacial score (nSPS) is 18.5. The number of ether oxygens (including phenoxy) is 2. The van der Waals surface area contributed by atoms with E-state index in [0.29, 0.717) is 11.8 Å². The maximum absolute atomic E-state index is 5.78. The van der Waals surface area contributed by atoms with Gasteiger partial charge in [0.1, 0.15) is 0 Å². The minimum Gasteiger partial charge on any atom is -0.379 e. The number of hydrogen-bond acceptors (Lipinski definition) is 3. The molecule has 0 amide bonds. The summed E-state index contributed by atoms with van der Waals surface area (Å²) in [6.45, 7) is 8.59. The Bertz CT molecular complexity index is 505. The number of benzene rings is 1. The van der Waals surface area contributed by atoms with E-state index in [9.17, 15) is 0 Å². The van der Waals surface area contributed by atoms with Crippen molar-refractivity contribution in [1.82, 2.24) is 10.6 Å². The van der Waals surface area contributed by atoms with Gasteiger partial charge in [-0.1, -0.05) is 44.2 Å². The minimum atomic E-state index is 0. The van der Waals surface area contributed by atoms with Gasteiger partial charge in [-0.3, -0.25) is 4.99 Å². The van der Waals surface area contributed by atoms with Gasteiger partial charge in [-0.15, -0.1) is 24.0 Å². The molecule has 0 saturated carbocycles. The van der Waals surface area contributed by atoms with Crippen LogP contribution in [0.2, 0.25) is 0 Å². The van der Waals surface area contributed by atoms with Crippen LogP contribution in [0.15, 0.2) is 35.3 Å². The molecule has 0 aromatic heterocycles. The van der Waals surface area contributed by atoms with Gasteiger partial charge in [-0.2, -0.15) is 0 Å². The topological polar surface area (TPSA) is 54.9 Å². The van der Waals surface area contributed by atoms with Crippen LogP contribution in [0, 0.1) is 5.92 Å². The van der Waals surface area contributed by atoms with Crippen LogP contribution in [-0.2, 0) is 9.47 Å². The standard InChI is InChI=1S/C20H33N3O2.HI/c1-16(2)19(17-8-5-4-6-9-17)14-23-20(21-3)22-11-7-12-25-18-10-13-24-15-18;/h4-6,8-9,16,18-19H,7,10-15H2,1-3H3,(H2,21,22,23);1H. The molecule has 1 aliphatic rings. The van der Waals surface area contributed by atoms with Crippen molar-refractivity contribution in [3.8, 4) is 0 Å². The molecule has 148 valence electrons. The van der Waals surface area contributed by atoms with Crippen molar-refractivity contribution in [3.05, 3.63) is 35.9 Å². The lowest BCUT2D eigenvalue weighted by molar-refractivity contribution is 0.0420. The van der Waals surface area contributed by atoms with Gasteiger partial charge in [-0.25, -0.2) is 0 Å². The van der Waals surface area contributed by atoms with Gasteiger partial charge in [0, 0.05) is 39.3 Å². The lowest BCUT2D eigenvalue weighted by atomic mass is 9.88. The molecule has 5 nitrogen and oxygen atoms in total. The molecule has 2 unspecified atom stereocenters. The van der Waals surface area contributed by atoms with Gasteiger partial charge in [-0.05, 0) is 24.3 Å². The van der Waals surface area contributed by atoms with Crippen LogP contribution < -0.4 is 10.6 Å². The lowest BCUT2D eigenvalue weighted by Gasteiger charge is -2.23. The summed E-state index contributed by atoms with van der Waals surface area (Å²) in [5.41, 5.74) is 1.37.